The monoisotopic (exact) mass is 947 g/mol. The molecule has 6 aromatic rings. The zero-order valence-corrected chi connectivity index (χ0v) is 39.8. The molecule has 6 N–H and O–H groups in total. The van der Waals surface area contributed by atoms with E-state index in [4.69, 9.17) is 30.9 Å². The Hall–Kier alpha value is -7.13. The van der Waals surface area contributed by atoms with Crippen molar-refractivity contribution in [2.24, 2.45) is 17.4 Å². The molecule has 358 valence electrons. The molecule has 20 nitrogen and oxygen atoms in total. The number of methoxy groups -OCH3 is 1. The minimum Gasteiger partial charge on any atom is -0.494 e. The highest BCUT2D eigenvalue weighted by atomic mass is 32.1. The first-order chi connectivity index (χ1) is 32.8. The molecule has 8 rings (SSSR count). The third-order valence-electron chi connectivity index (χ3n) is 12.4. The first-order valence-corrected chi connectivity index (χ1v) is 23.7. The van der Waals surface area contributed by atoms with Crippen molar-refractivity contribution < 1.29 is 33.4 Å². The van der Waals surface area contributed by atoms with Gasteiger partial charge in [-0.05, 0) is 76.8 Å². The summed E-state index contributed by atoms with van der Waals surface area (Å²) in [5, 5.41) is 11.1. The Morgan fingerprint density at radius 2 is 1.41 bits per heavy atom. The number of benzene rings is 2. The molecule has 5 heterocycles. The molecule has 1 saturated carbocycles. The summed E-state index contributed by atoms with van der Waals surface area (Å²) in [7, 11) is 1.47. The lowest BCUT2D eigenvalue weighted by molar-refractivity contribution is -0.140. The number of thiazole rings is 1. The Bertz CT molecular complexity index is 2940. The fraction of sp³-hybridized carbons (Fsp3) is 0.426. The second-order valence-corrected chi connectivity index (χ2v) is 18.1. The van der Waals surface area contributed by atoms with Gasteiger partial charge in [0.1, 0.15) is 33.1 Å². The number of carbonyl (C=O) groups is 5. The fourth-order valence-electron chi connectivity index (χ4n) is 8.67. The number of aryl methyl sites for hydroxylation is 4. The minimum atomic E-state index is -0.668. The number of imidazole rings is 2. The van der Waals surface area contributed by atoms with Crippen LogP contribution in [0.1, 0.15) is 96.8 Å². The summed E-state index contributed by atoms with van der Waals surface area (Å²) < 4.78 is 17.3. The molecule has 1 aliphatic carbocycles. The summed E-state index contributed by atoms with van der Waals surface area (Å²) in [6.45, 7) is 12.3. The Labute approximate surface area is 396 Å². The lowest BCUT2D eigenvalue weighted by Gasteiger charge is -2.38. The van der Waals surface area contributed by atoms with Crippen molar-refractivity contribution in [2.75, 3.05) is 57.1 Å². The first-order valence-electron chi connectivity index (χ1n) is 22.9. The Morgan fingerprint density at radius 3 is 1.97 bits per heavy atom. The predicted molar refractivity (Wildman–Crippen MR) is 257 cm³/mol. The molecule has 0 bridgehead atoms. The number of hydrogen-bond acceptors (Lipinski definition) is 13. The topological polar surface area (TPSA) is 253 Å². The van der Waals surface area contributed by atoms with Crippen LogP contribution in [0.25, 0.3) is 22.1 Å². The van der Waals surface area contributed by atoms with E-state index >= 15 is 0 Å². The van der Waals surface area contributed by atoms with Crippen LogP contribution < -0.4 is 31.6 Å². The lowest BCUT2D eigenvalue weighted by atomic mass is 9.84. The van der Waals surface area contributed by atoms with Crippen LogP contribution in [0.2, 0.25) is 0 Å². The van der Waals surface area contributed by atoms with Gasteiger partial charge >= 0.3 is 0 Å². The zero-order chi connectivity index (χ0) is 48.2. The van der Waals surface area contributed by atoms with Gasteiger partial charge in [-0.15, -0.1) is 11.3 Å². The van der Waals surface area contributed by atoms with Gasteiger partial charge in [-0.25, -0.2) is 15.0 Å². The van der Waals surface area contributed by atoms with Gasteiger partial charge in [0.05, 0.1) is 41.1 Å². The second kappa shape index (κ2) is 20.4. The number of primary amides is 2. The second-order valence-electron chi connectivity index (χ2n) is 16.9. The molecule has 1 aliphatic heterocycles. The summed E-state index contributed by atoms with van der Waals surface area (Å²) in [4.78, 5) is 84.3. The van der Waals surface area contributed by atoms with E-state index in [0.717, 1.165) is 43.9 Å². The van der Waals surface area contributed by atoms with Crippen LogP contribution in [-0.4, -0.2) is 120 Å². The molecule has 0 atom stereocenters. The molecule has 21 heteroatoms. The average Bonchev–Trinajstić information content (AvgIpc) is 4.07. The van der Waals surface area contributed by atoms with E-state index in [1.54, 1.807) is 38.1 Å². The number of anilines is 2. The third kappa shape index (κ3) is 9.93. The number of nitrogens with two attached hydrogens (primary N) is 2. The van der Waals surface area contributed by atoms with Gasteiger partial charge < -0.3 is 35.0 Å². The van der Waals surface area contributed by atoms with Crippen LogP contribution in [-0.2, 0) is 30.8 Å². The van der Waals surface area contributed by atoms with E-state index in [-0.39, 0.29) is 53.8 Å². The van der Waals surface area contributed by atoms with Crippen LogP contribution in [0.15, 0.2) is 42.5 Å². The van der Waals surface area contributed by atoms with Crippen LogP contribution in [0.5, 0.6) is 11.5 Å². The lowest BCUT2D eigenvalue weighted by Crippen LogP contribution is -2.51. The number of piperazine rings is 1. The number of carbonyl (C=O) groups excluding carboxylic acids is 5. The van der Waals surface area contributed by atoms with Crippen LogP contribution in [0.4, 0.5) is 11.9 Å². The smallest absolute Gasteiger partial charge is 0.276 e. The van der Waals surface area contributed by atoms with Gasteiger partial charge in [0, 0.05) is 69.4 Å². The van der Waals surface area contributed by atoms with Crippen molar-refractivity contribution in [3.8, 4) is 11.5 Å². The number of ether oxygens (including phenoxy) is 2. The van der Waals surface area contributed by atoms with Gasteiger partial charge in [-0.2, -0.15) is 5.10 Å². The van der Waals surface area contributed by atoms with Crippen LogP contribution in [0.3, 0.4) is 0 Å². The number of hydrogen-bond donors (Lipinski definition) is 4. The zero-order valence-electron chi connectivity index (χ0n) is 39.0. The molecule has 5 amide bonds. The largest absolute Gasteiger partial charge is 0.494 e. The molecule has 0 unspecified atom stereocenters. The van der Waals surface area contributed by atoms with Crippen molar-refractivity contribution in [2.45, 2.75) is 79.4 Å². The molecule has 2 fully saturated rings. The SMILES string of the molecule is CCc1nc(C)sc1C(=O)Nc1nc2cc(C(N)=O)cc(OC)c2n1C/C=C/Cn1c(NC(=O)c2cc(C)nn2CC)nc2cc(C(N)=O)cc(OCCCN3CCN(C(=O)C4CCC4)CC3)c21. The summed E-state index contributed by atoms with van der Waals surface area (Å²) in [6, 6.07) is 7.93. The normalized spacial score (nSPS) is 14.5. The first kappa shape index (κ1) is 47.4. The van der Waals surface area contributed by atoms with Gasteiger partial charge in [-0.1, -0.05) is 25.5 Å². The highest BCUT2D eigenvalue weighted by Gasteiger charge is 2.31. The maximum Gasteiger partial charge on any atom is 0.276 e. The van der Waals surface area contributed by atoms with Crippen molar-refractivity contribution in [3.05, 3.63) is 80.6 Å². The van der Waals surface area contributed by atoms with E-state index < -0.39 is 17.7 Å². The Kier molecular flexibility index (Phi) is 14.2. The van der Waals surface area contributed by atoms with Gasteiger partial charge in [0.25, 0.3) is 11.8 Å². The number of rotatable bonds is 19. The van der Waals surface area contributed by atoms with E-state index in [9.17, 15) is 24.0 Å². The predicted octanol–water partition coefficient (Wildman–Crippen LogP) is 4.92. The Balaban J connectivity index is 1.09. The van der Waals surface area contributed by atoms with E-state index in [0.29, 0.717) is 94.6 Å². The quantitative estimate of drug-likeness (QED) is 0.0624. The molecule has 0 spiro atoms. The van der Waals surface area contributed by atoms with Crippen molar-refractivity contribution in [1.82, 2.24) is 43.7 Å². The average molecular weight is 948 g/mol. The molecule has 2 aromatic carbocycles. The standard InChI is InChI=1S/C47H57N13O7S/c1-6-32-40(68-28(4)50-32)44(64)54-47-51-33-23-30(41(48)61)25-36(66-5)38(33)58(47)15-8-9-16-59-39-34(52-46(59)53-43(63)35-22-27(3)55-60(35)7-2)24-31(42(49)62)26-37(39)67-21-11-14-56-17-19-57(20-18-56)45(65)29-12-10-13-29/h8-9,22-26,29H,6-7,10-21H2,1-5H3,(H2,48,61)(H2,49,62)(H,51,54,64)(H,52,53,63)/b9-8+. The highest BCUT2D eigenvalue weighted by Crippen LogP contribution is 2.34. The summed E-state index contributed by atoms with van der Waals surface area (Å²) >= 11 is 1.29. The summed E-state index contributed by atoms with van der Waals surface area (Å²) in [5.41, 5.74) is 15.3. The molecular weight excluding hydrogens is 891 g/mol. The number of allylic oxidation sites excluding steroid dienone is 2. The van der Waals surface area contributed by atoms with Crippen molar-refractivity contribution in [1.29, 1.82) is 0 Å². The number of aromatic nitrogens is 7. The molecule has 68 heavy (non-hydrogen) atoms. The molecule has 0 radical (unpaired) electrons. The van der Waals surface area contributed by atoms with E-state index in [2.05, 4.69) is 25.6 Å². The number of nitrogens with one attached hydrogen (secondary N) is 2. The Morgan fingerprint density at radius 1 is 0.809 bits per heavy atom. The van der Waals surface area contributed by atoms with Gasteiger partial charge in [-0.3, -0.25) is 44.2 Å². The molecule has 1 saturated heterocycles. The molecular formula is C47H57N13O7S. The summed E-state index contributed by atoms with van der Waals surface area (Å²) in [5.74, 6) is -0.624. The highest BCUT2D eigenvalue weighted by molar-refractivity contribution is 7.13. The van der Waals surface area contributed by atoms with Crippen molar-refractivity contribution >= 4 is 74.8 Å². The number of fused-ring (bicyclic) bond motifs is 2. The maximum absolute atomic E-state index is 13.9. The van der Waals surface area contributed by atoms with E-state index in [1.807, 2.05) is 44.7 Å². The van der Waals surface area contributed by atoms with E-state index in [1.165, 1.54) is 24.5 Å². The number of nitrogens with zero attached hydrogens (tertiary/aromatic N) is 9. The van der Waals surface area contributed by atoms with Crippen LogP contribution >= 0.6 is 11.3 Å². The van der Waals surface area contributed by atoms with Gasteiger partial charge in [0.2, 0.25) is 29.6 Å². The molecule has 4 aromatic heterocycles. The third-order valence-corrected chi connectivity index (χ3v) is 13.4. The maximum atomic E-state index is 13.9. The van der Waals surface area contributed by atoms with Crippen LogP contribution in [0, 0.1) is 19.8 Å². The number of amides is 5. The fourth-order valence-corrected chi connectivity index (χ4v) is 9.58. The van der Waals surface area contributed by atoms with Crippen molar-refractivity contribution in [3.63, 3.8) is 0 Å². The summed E-state index contributed by atoms with van der Waals surface area (Å²) in [6.07, 6.45) is 8.06. The molecule has 2 aliphatic rings. The minimum absolute atomic E-state index is 0.158. The van der Waals surface area contributed by atoms with Gasteiger partial charge in [0.15, 0.2) is 0 Å².